The first-order valence-corrected chi connectivity index (χ1v) is 12.9. The minimum atomic E-state index is -2.42. The number of carbonyl (C=O) groups excluding carboxylic acids is 4. The van der Waals surface area contributed by atoms with E-state index < -0.39 is 82.7 Å². The van der Waals surface area contributed by atoms with Crippen molar-refractivity contribution in [2.75, 3.05) is 0 Å². The summed E-state index contributed by atoms with van der Waals surface area (Å²) in [4.78, 5) is 50.6. The van der Waals surface area contributed by atoms with Crippen LogP contribution >= 0.6 is 0 Å². The molecule has 3 rings (SSSR count). The monoisotopic (exact) mass is 524 g/mol. The van der Waals surface area contributed by atoms with Gasteiger partial charge in [-0.1, -0.05) is 26.8 Å². The highest BCUT2D eigenvalue weighted by atomic mass is 16.6. The molecule has 0 amide bonds. The van der Waals surface area contributed by atoms with Crippen LogP contribution in [0.2, 0.25) is 0 Å². The predicted molar refractivity (Wildman–Crippen MR) is 130 cm³/mol. The molecule has 0 bridgehead atoms. The van der Waals surface area contributed by atoms with Crippen molar-refractivity contribution in [2.24, 2.45) is 23.7 Å². The van der Waals surface area contributed by atoms with Crippen LogP contribution in [0.4, 0.5) is 0 Å². The number of aliphatic hydroxyl groups is 2. The summed E-state index contributed by atoms with van der Waals surface area (Å²) in [7, 11) is 0. The fourth-order valence-electron chi connectivity index (χ4n) is 6.19. The molecule has 10 heteroatoms. The van der Waals surface area contributed by atoms with Crippen LogP contribution in [0.5, 0.6) is 0 Å². The van der Waals surface area contributed by atoms with Gasteiger partial charge in [-0.25, -0.2) is 9.59 Å². The molecular weight excluding hydrogens is 484 g/mol. The van der Waals surface area contributed by atoms with Gasteiger partial charge >= 0.3 is 23.9 Å². The third kappa shape index (κ3) is 4.67. The molecule has 0 aromatic heterocycles. The Morgan fingerprint density at radius 3 is 2.35 bits per heavy atom. The molecular formula is C27H40O10. The second-order valence-electron chi connectivity index (χ2n) is 11.3. The Labute approximate surface area is 217 Å². The van der Waals surface area contributed by atoms with Gasteiger partial charge in [0.1, 0.15) is 23.9 Å². The molecule has 2 saturated carbocycles. The van der Waals surface area contributed by atoms with Crippen molar-refractivity contribution in [1.82, 2.24) is 0 Å². The summed E-state index contributed by atoms with van der Waals surface area (Å²) in [5.74, 6) is -4.97. The Morgan fingerprint density at radius 1 is 1.19 bits per heavy atom. The zero-order chi connectivity index (χ0) is 28.1. The molecule has 1 heterocycles. The van der Waals surface area contributed by atoms with E-state index in [2.05, 4.69) is 0 Å². The van der Waals surface area contributed by atoms with E-state index in [1.807, 2.05) is 0 Å². The number of esters is 4. The van der Waals surface area contributed by atoms with Gasteiger partial charge in [0.05, 0.1) is 5.92 Å². The molecule has 1 saturated heterocycles. The highest BCUT2D eigenvalue weighted by Crippen LogP contribution is 2.59. The Hall–Kier alpha value is -2.46. The minimum absolute atomic E-state index is 0.197. The van der Waals surface area contributed by atoms with Crippen LogP contribution in [-0.2, 0) is 38.1 Å². The maximum absolute atomic E-state index is 12.9. The summed E-state index contributed by atoms with van der Waals surface area (Å²) in [5, 5.41) is 23.4. The molecule has 3 fully saturated rings. The zero-order valence-electron chi connectivity index (χ0n) is 22.9. The minimum Gasteiger partial charge on any atom is -0.459 e. The van der Waals surface area contributed by atoms with E-state index in [1.165, 1.54) is 6.92 Å². The van der Waals surface area contributed by atoms with E-state index >= 15 is 0 Å². The number of carbonyl (C=O) groups is 4. The van der Waals surface area contributed by atoms with Crippen molar-refractivity contribution >= 4 is 23.9 Å². The lowest BCUT2D eigenvalue weighted by Crippen LogP contribution is -2.65. The molecule has 37 heavy (non-hydrogen) atoms. The quantitative estimate of drug-likeness (QED) is 0.301. The molecule has 0 unspecified atom stereocenters. The lowest BCUT2D eigenvalue weighted by atomic mass is 9.72. The summed E-state index contributed by atoms with van der Waals surface area (Å²) in [5.41, 5.74) is -5.64. The summed E-state index contributed by atoms with van der Waals surface area (Å²) in [6.45, 7) is 12.7. The van der Waals surface area contributed by atoms with Gasteiger partial charge < -0.3 is 29.2 Å². The normalized spacial score (nSPS) is 42.1. The summed E-state index contributed by atoms with van der Waals surface area (Å²) >= 11 is 0. The molecule has 0 spiro atoms. The molecule has 10 atom stereocenters. The molecule has 3 aliphatic rings. The van der Waals surface area contributed by atoms with E-state index in [-0.39, 0.29) is 12.8 Å². The molecule has 0 aromatic carbocycles. The second-order valence-corrected chi connectivity index (χ2v) is 11.3. The Morgan fingerprint density at radius 2 is 1.81 bits per heavy atom. The molecule has 10 nitrogen and oxygen atoms in total. The van der Waals surface area contributed by atoms with Gasteiger partial charge in [-0.2, -0.15) is 0 Å². The van der Waals surface area contributed by atoms with Gasteiger partial charge in [0.15, 0.2) is 11.2 Å². The Balaban J connectivity index is 2.15. The van der Waals surface area contributed by atoms with Crippen LogP contribution in [0.3, 0.4) is 0 Å². The summed E-state index contributed by atoms with van der Waals surface area (Å²) in [6.07, 6.45) is -1.22. The standard InChI is InChI=1S/C27H40O10/c1-9-13(3)22(29)34-18-11-17-20(15(18)5)21-27(33,26(8,32)24(31)36-21)19(35-23(30)14(4)10-2)12-25(17,7)37-16(6)28/h9,14-15,17-21,32-33H,10-12H2,1-8H3/b13-9-/t14-,15-,17-,18+,19-,20+,21-,25-,26+,27+/m0/s1. The van der Waals surface area contributed by atoms with Crippen LogP contribution in [0.1, 0.15) is 74.7 Å². The van der Waals surface area contributed by atoms with Crippen molar-refractivity contribution < 1.29 is 48.3 Å². The van der Waals surface area contributed by atoms with E-state index in [1.54, 1.807) is 47.6 Å². The number of rotatable bonds is 6. The lowest BCUT2D eigenvalue weighted by Gasteiger charge is -2.42. The lowest BCUT2D eigenvalue weighted by molar-refractivity contribution is -0.216. The van der Waals surface area contributed by atoms with Crippen LogP contribution in [0.25, 0.3) is 0 Å². The molecule has 1 aliphatic heterocycles. The zero-order valence-corrected chi connectivity index (χ0v) is 22.9. The number of hydrogen-bond acceptors (Lipinski definition) is 10. The van der Waals surface area contributed by atoms with Crippen molar-refractivity contribution in [3.63, 3.8) is 0 Å². The van der Waals surface area contributed by atoms with E-state index in [4.69, 9.17) is 18.9 Å². The summed E-state index contributed by atoms with van der Waals surface area (Å²) < 4.78 is 23.0. The average molecular weight is 525 g/mol. The van der Waals surface area contributed by atoms with Crippen molar-refractivity contribution in [3.05, 3.63) is 11.6 Å². The number of ether oxygens (including phenoxy) is 4. The average Bonchev–Trinajstić information content (AvgIpc) is 3.20. The first kappa shape index (κ1) is 29.1. The topological polar surface area (TPSA) is 146 Å². The van der Waals surface area contributed by atoms with Crippen LogP contribution in [-0.4, -0.2) is 69.2 Å². The van der Waals surface area contributed by atoms with Crippen LogP contribution in [0, 0.1) is 23.7 Å². The van der Waals surface area contributed by atoms with Gasteiger partial charge in [0, 0.05) is 36.7 Å². The molecule has 0 radical (unpaired) electrons. The largest absolute Gasteiger partial charge is 0.459 e. The first-order chi connectivity index (χ1) is 17.0. The number of hydrogen-bond donors (Lipinski definition) is 2. The number of fused-ring (bicyclic) bond motifs is 3. The fourth-order valence-corrected chi connectivity index (χ4v) is 6.19. The third-order valence-corrected chi connectivity index (χ3v) is 8.87. The van der Waals surface area contributed by atoms with Crippen molar-refractivity contribution in [3.8, 4) is 0 Å². The van der Waals surface area contributed by atoms with Gasteiger partial charge in [0.2, 0.25) is 0 Å². The smallest absolute Gasteiger partial charge is 0.341 e. The number of allylic oxidation sites excluding steroid dienone is 1. The van der Waals surface area contributed by atoms with Crippen LogP contribution < -0.4 is 0 Å². The highest BCUT2D eigenvalue weighted by Gasteiger charge is 2.76. The van der Waals surface area contributed by atoms with Gasteiger partial charge in [-0.3, -0.25) is 9.59 Å². The third-order valence-electron chi connectivity index (χ3n) is 8.87. The van der Waals surface area contributed by atoms with Gasteiger partial charge in [-0.15, -0.1) is 0 Å². The molecule has 2 N–H and O–H groups in total. The van der Waals surface area contributed by atoms with Crippen molar-refractivity contribution in [2.45, 2.75) is 110 Å². The van der Waals surface area contributed by atoms with Gasteiger partial charge in [-0.05, 0) is 40.5 Å². The predicted octanol–water partition coefficient (Wildman–Crippen LogP) is 2.23. The van der Waals surface area contributed by atoms with E-state index in [0.29, 0.717) is 12.0 Å². The maximum atomic E-state index is 12.9. The summed E-state index contributed by atoms with van der Waals surface area (Å²) in [6, 6.07) is 0. The molecule has 208 valence electrons. The van der Waals surface area contributed by atoms with Crippen molar-refractivity contribution in [1.29, 1.82) is 0 Å². The maximum Gasteiger partial charge on any atom is 0.341 e. The highest BCUT2D eigenvalue weighted by molar-refractivity contribution is 5.87. The molecule has 0 aromatic rings. The first-order valence-electron chi connectivity index (χ1n) is 12.9. The Kier molecular flexibility index (Phi) is 7.88. The SMILES string of the molecule is C/C=C(/C)C(=O)O[C@@H]1C[C@H]2[C@@H]([C@H]1C)[C@@H]1OC(=O)[C@@](C)(O)[C@@]1(O)[C@@H](OC(=O)[C@@H](C)CC)C[C@]2(C)OC(C)=O. The van der Waals surface area contributed by atoms with E-state index in [0.717, 1.165) is 6.92 Å². The van der Waals surface area contributed by atoms with Gasteiger partial charge in [0.25, 0.3) is 0 Å². The van der Waals surface area contributed by atoms with Crippen LogP contribution in [0.15, 0.2) is 11.6 Å². The second kappa shape index (κ2) is 10.0. The van der Waals surface area contributed by atoms with E-state index in [9.17, 15) is 29.4 Å². The fraction of sp³-hybridized carbons (Fsp3) is 0.778. The molecule has 2 aliphatic carbocycles. The Bertz CT molecular complexity index is 986.